The normalized spacial score (nSPS) is 10.7. The van der Waals surface area contributed by atoms with Crippen LogP contribution in [-0.2, 0) is 0 Å². The van der Waals surface area contributed by atoms with Crippen LogP contribution in [0.1, 0.15) is 10.4 Å². The third kappa shape index (κ3) is 3.40. The minimum atomic E-state index is -0.339. The molecule has 0 saturated heterocycles. The number of amides is 1. The number of benzene rings is 2. The molecular weight excluding hydrogens is 358 g/mol. The van der Waals surface area contributed by atoms with Gasteiger partial charge in [-0.25, -0.2) is 4.98 Å². The molecule has 26 heavy (non-hydrogen) atoms. The summed E-state index contributed by atoms with van der Waals surface area (Å²) in [4.78, 5) is 29.0. The fourth-order valence-electron chi connectivity index (χ4n) is 2.52. The lowest BCUT2D eigenvalue weighted by Gasteiger charge is -2.10. The number of fused-ring (bicyclic) bond motifs is 1. The van der Waals surface area contributed by atoms with Crippen molar-refractivity contribution in [2.24, 2.45) is 0 Å². The quantitative estimate of drug-likeness (QED) is 0.711. The Balaban J connectivity index is 2.03. The van der Waals surface area contributed by atoms with Crippen molar-refractivity contribution in [2.75, 3.05) is 20.3 Å². The summed E-state index contributed by atoms with van der Waals surface area (Å²) in [6.45, 7) is 0.0107. The van der Waals surface area contributed by atoms with Crippen LogP contribution < -0.4 is 15.6 Å². The van der Waals surface area contributed by atoms with E-state index in [4.69, 9.17) is 21.4 Å². The summed E-state index contributed by atoms with van der Waals surface area (Å²) in [5.41, 5.74) is 1.05. The number of nitrogens with one attached hydrogen (secondary N) is 1. The molecular formula is C18H16ClN3O4. The van der Waals surface area contributed by atoms with Gasteiger partial charge in [-0.1, -0.05) is 11.6 Å². The van der Waals surface area contributed by atoms with Crippen LogP contribution in [0.25, 0.3) is 16.6 Å². The predicted octanol–water partition coefficient (Wildman–Crippen LogP) is 1.77. The second-order valence-corrected chi connectivity index (χ2v) is 5.86. The Labute approximate surface area is 153 Å². The van der Waals surface area contributed by atoms with Gasteiger partial charge in [0, 0.05) is 12.1 Å². The Morgan fingerprint density at radius 1 is 1.31 bits per heavy atom. The van der Waals surface area contributed by atoms with Gasteiger partial charge < -0.3 is 15.2 Å². The first-order valence-electron chi connectivity index (χ1n) is 7.79. The van der Waals surface area contributed by atoms with Gasteiger partial charge in [0.1, 0.15) is 12.1 Å². The van der Waals surface area contributed by atoms with Crippen molar-refractivity contribution in [3.05, 3.63) is 63.7 Å². The molecule has 2 aromatic carbocycles. The fraction of sp³-hybridized carbons (Fsp3) is 0.167. The van der Waals surface area contributed by atoms with Crippen molar-refractivity contribution >= 4 is 28.4 Å². The number of carbonyl (C=O) groups is 1. The lowest BCUT2D eigenvalue weighted by atomic mass is 10.1. The number of hydrogen-bond acceptors (Lipinski definition) is 5. The number of hydrogen-bond donors (Lipinski definition) is 2. The summed E-state index contributed by atoms with van der Waals surface area (Å²) >= 11 is 6.12. The van der Waals surface area contributed by atoms with Gasteiger partial charge >= 0.3 is 0 Å². The first-order valence-corrected chi connectivity index (χ1v) is 8.17. The largest absolute Gasteiger partial charge is 0.495 e. The highest BCUT2D eigenvalue weighted by atomic mass is 35.5. The third-order valence-corrected chi connectivity index (χ3v) is 4.13. The molecule has 8 heteroatoms. The Morgan fingerprint density at radius 2 is 2.12 bits per heavy atom. The smallest absolute Gasteiger partial charge is 0.265 e. The summed E-state index contributed by atoms with van der Waals surface area (Å²) in [5.74, 6) is 0.171. The molecule has 0 unspecified atom stereocenters. The number of aliphatic hydroxyl groups excluding tert-OH is 1. The van der Waals surface area contributed by atoms with E-state index < -0.39 is 0 Å². The van der Waals surface area contributed by atoms with E-state index in [0.717, 1.165) is 0 Å². The van der Waals surface area contributed by atoms with Crippen molar-refractivity contribution < 1.29 is 14.6 Å². The molecule has 3 rings (SSSR count). The van der Waals surface area contributed by atoms with Crippen molar-refractivity contribution in [3.8, 4) is 11.4 Å². The van der Waals surface area contributed by atoms with Crippen molar-refractivity contribution in [1.29, 1.82) is 0 Å². The predicted molar refractivity (Wildman–Crippen MR) is 98.3 cm³/mol. The zero-order valence-electron chi connectivity index (χ0n) is 13.9. The molecule has 0 radical (unpaired) electrons. The topological polar surface area (TPSA) is 93.5 Å². The summed E-state index contributed by atoms with van der Waals surface area (Å²) in [6.07, 6.45) is 1.39. The average molecular weight is 374 g/mol. The Morgan fingerprint density at radius 3 is 2.81 bits per heavy atom. The standard InChI is InChI=1S/C18H16ClN3O4/c1-26-16-5-3-12(9-14(16)19)22-10-21-15-8-11(17(24)20-6-7-23)2-4-13(15)18(22)25/h2-5,8-10,23H,6-7H2,1H3,(H,20,24). The third-order valence-electron chi connectivity index (χ3n) is 3.83. The van der Waals surface area contributed by atoms with Crippen LogP contribution in [0.5, 0.6) is 5.75 Å². The zero-order chi connectivity index (χ0) is 18.7. The lowest BCUT2D eigenvalue weighted by Crippen LogP contribution is -2.26. The van der Waals surface area contributed by atoms with E-state index in [1.54, 1.807) is 30.3 Å². The van der Waals surface area contributed by atoms with Crippen LogP contribution in [0, 0.1) is 0 Å². The number of methoxy groups -OCH3 is 1. The molecule has 0 atom stereocenters. The number of aromatic nitrogens is 2. The number of nitrogens with zero attached hydrogens (tertiary/aromatic N) is 2. The molecule has 134 valence electrons. The maximum absolute atomic E-state index is 12.8. The fourth-order valence-corrected chi connectivity index (χ4v) is 2.78. The molecule has 0 bridgehead atoms. The monoisotopic (exact) mass is 373 g/mol. The van der Waals surface area contributed by atoms with Crippen LogP contribution in [0.3, 0.4) is 0 Å². The highest BCUT2D eigenvalue weighted by molar-refractivity contribution is 6.32. The summed E-state index contributed by atoms with van der Waals surface area (Å²) in [5, 5.41) is 12.1. The van der Waals surface area contributed by atoms with Crippen LogP contribution in [0.2, 0.25) is 5.02 Å². The van der Waals surface area contributed by atoms with Gasteiger partial charge in [-0.2, -0.15) is 0 Å². The van der Waals surface area contributed by atoms with E-state index >= 15 is 0 Å². The summed E-state index contributed by atoms with van der Waals surface area (Å²) < 4.78 is 6.49. The number of rotatable bonds is 5. The number of aliphatic hydroxyl groups is 1. The molecule has 7 nitrogen and oxygen atoms in total. The maximum atomic E-state index is 12.8. The highest BCUT2D eigenvalue weighted by Crippen LogP contribution is 2.26. The Hall–Kier alpha value is -2.90. The maximum Gasteiger partial charge on any atom is 0.265 e. The molecule has 2 N–H and O–H groups in total. The zero-order valence-corrected chi connectivity index (χ0v) is 14.7. The van der Waals surface area contributed by atoms with E-state index in [0.29, 0.717) is 32.9 Å². The number of ether oxygens (including phenoxy) is 1. The molecule has 0 spiro atoms. The molecule has 1 amide bonds. The van der Waals surface area contributed by atoms with Crippen molar-refractivity contribution in [1.82, 2.24) is 14.9 Å². The second kappa shape index (κ2) is 7.55. The van der Waals surface area contributed by atoms with Crippen LogP contribution >= 0.6 is 11.6 Å². The molecule has 1 heterocycles. The van der Waals surface area contributed by atoms with E-state index in [9.17, 15) is 9.59 Å². The van der Waals surface area contributed by atoms with E-state index in [-0.39, 0.29) is 24.6 Å². The highest BCUT2D eigenvalue weighted by Gasteiger charge is 2.11. The summed E-state index contributed by atoms with van der Waals surface area (Å²) in [6, 6.07) is 9.63. The van der Waals surface area contributed by atoms with Gasteiger partial charge in [0.05, 0.1) is 35.3 Å². The van der Waals surface area contributed by atoms with Crippen LogP contribution in [0.15, 0.2) is 47.5 Å². The SMILES string of the molecule is COc1ccc(-n2cnc3cc(C(=O)NCCO)ccc3c2=O)cc1Cl. The van der Waals surface area contributed by atoms with Crippen molar-refractivity contribution in [3.63, 3.8) is 0 Å². The molecule has 0 saturated carbocycles. The van der Waals surface area contributed by atoms with Crippen LogP contribution in [-0.4, -0.2) is 40.8 Å². The molecule has 3 aromatic rings. The van der Waals surface area contributed by atoms with E-state index in [1.807, 2.05) is 0 Å². The molecule has 0 aliphatic heterocycles. The molecule has 1 aromatic heterocycles. The average Bonchev–Trinajstić information content (AvgIpc) is 2.66. The number of halogens is 1. The van der Waals surface area contributed by atoms with Gasteiger partial charge in [0.25, 0.3) is 11.5 Å². The lowest BCUT2D eigenvalue weighted by molar-refractivity contribution is 0.0945. The molecule has 0 aliphatic rings. The second-order valence-electron chi connectivity index (χ2n) is 5.45. The molecule has 0 aliphatic carbocycles. The van der Waals surface area contributed by atoms with Crippen LogP contribution in [0.4, 0.5) is 0 Å². The van der Waals surface area contributed by atoms with E-state index in [2.05, 4.69) is 10.3 Å². The first-order chi connectivity index (χ1) is 12.5. The van der Waals surface area contributed by atoms with Gasteiger partial charge in [0.15, 0.2) is 0 Å². The first kappa shape index (κ1) is 17.9. The molecule has 0 fully saturated rings. The summed E-state index contributed by atoms with van der Waals surface area (Å²) in [7, 11) is 1.51. The van der Waals surface area contributed by atoms with Gasteiger partial charge in [0.2, 0.25) is 0 Å². The van der Waals surface area contributed by atoms with Gasteiger partial charge in [-0.15, -0.1) is 0 Å². The van der Waals surface area contributed by atoms with Gasteiger partial charge in [-0.05, 0) is 36.4 Å². The number of carbonyl (C=O) groups excluding carboxylic acids is 1. The Bertz CT molecular complexity index is 1030. The Kier molecular flexibility index (Phi) is 5.20. The van der Waals surface area contributed by atoms with Crippen molar-refractivity contribution in [2.45, 2.75) is 0 Å². The van der Waals surface area contributed by atoms with Gasteiger partial charge in [-0.3, -0.25) is 14.2 Å². The van der Waals surface area contributed by atoms with E-state index in [1.165, 1.54) is 24.1 Å². The minimum Gasteiger partial charge on any atom is -0.495 e. The minimum absolute atomic E-state index is 0.146.